The summed E-state index contributed by atoms with van der Waals surface area (Å²) >= 11 is 0. The van der Waals surface area contributed by atoms with E-state index in [2.05, 4.69) is 4.98 Å². The lowest BCUT2D eigenvalue weighted by atomic mass is 10.0. The van der Waals surface area contributed by atoms with Crippen LogP contribution in [-0.4, -0.2) is 31.5 Å². The number of nitrogens with zero attached hydrogens (tertiary/aromatic N) is 4. The number of fused-ring (bicyclic) bond motifs is 1. The van der Waals surface area contributed by atoms with E-state index in [0.717, 1.165) is 48.8 Å². The minimum absolute atomic E-state index is 0.0388. The first kappa shape index (κ1) is 19.4. The van der Waals surface area contributed by atoms with Crippen LogP contribution in [0, 0.1) is 0 Å². The van der Waals surface area contributed by atoms with E-state index < -0.39 is 0 Å². The molecule has 1 aliphatic heterocycles. The molecule has 0 N–H and O–H groups in total. The molecule has 4 rings (SSSR count). The summed E-state index contributed by atoms with van der Waals surface area (Å²) in [5, 5.41) is 0. The van der Waals surface area contributed by atoms with Crippen LogP contribution in [0.2, 0.25) is 0 Å². The summed E-state index contributed by atoms with van der Waals surface area (Å²) in [6.07, 6.45) is 8.20. The van der Waals surface area contributed by atoms with Crippen molar-refractivity contribution in [3.63, 3.8) is 0 Å². The highest BCUT2D eigenvalue weighted by molar-refractivity contribution is 5.78. The van der Waals surface area contributed by atoms with Gasteiger partial charge in [-0.3, -0.25) is 18.9 Å². The molecule has 1 atom stereocenters. The van der Waals surface area contributed by atoms with Crippen molar-refractivity contribution < 1.29 is 4.79 Å². The number of carbonyl (C=O) groups excluding carboxylic acids is 1. The first-order chi connectivity index (χ1) is 14.2. The second-order valence-corrected chi connectivity index (χ2v) is 7.65. The van der Waals surface area contributed by atoms with E-state index in [1.165, 1.54) is 0 Å². The predicted molar refractivity (Wildman–Crippen MR) is 114 cm³/mol. The van der Waals surface area contributed by atoms with E-state index in [1.54, 1.807) is 21.5 Å². The molecule has 1 saturated heterocycles. The Balaban J connectivity index is 1.57. The third-order valence-electron chi connectivity index (χ3n) is 5.95. The fraction of sp³-hybridized carbons (Fsp3) is 0.435. The summed E-state index contributed by atoms with van der Waals surface area (Å²) < 4.78 is 3.52. The van der Waals surface area contributed by atoms with Gasteiger partial charge in [0.2, 0.25) is 5.91 Å². The van der Waals surface area contributed by atoms with Crippen molar-refractivity contribution in [2.24, 2.45) is 0 Å². The first-order valence-electron chi connectivity index (χ1n) is 10.6. The molecule has 3 aromatic rings. The minimum atomic E-state index is -0.0388. The SMILES string of the molecule is CCn1c(=O)n(CCC(=O)N2CCCCCC2c2ccncc2)c2ccccc21. The molecule has 152 valence electrons. The Hall–Kier alpha value is -2.89. The molecule has 6 heteroatoms. The molecule has 0 aliphatic carbocycles. The fourth-order valence-electron chi connectivity index (χ4n) is 4.48. The number of carbonyl (C=O) groups is 1. The van der Waals surface area contributed by atoms with Gasteiger partial charge >= 0.3 is 5.69 Å². The number of likely N-dealkylation sites (tertiary alicyclic amines) is 1. The summed E-state index contributed by atoms with van der Waals surface area (Å²) in [6, 6.07) is 11.9. The van der Waals surface area contributed by atoms with Crippen LogP contribution in [-0.2, 0) is 17.9 Å². The third-order valence-corrected chi connectivity index (χ3v) is 5.95. The largest absolute Gasteiger partial charge is 0.336 e. The monoisotopic (exact) mass is 392 g/mol. The Morgan fingerprint density at radius 2 is 1.76 bits per heavy atom. The molecule has 1 fully saturated rings. The third kappa shape index (κ3) is 3.84. The molecular weight excluding hydrogens is 364 g/mol. The number of benzene rings is 1. The van der Waals surface area contributed by atoms with Gasteiger partial charge in [-0.25, -0.2) is 4.79 Å². The number of aromatic nitrogens is 3. The molecule has 1 aromatic carbocycles. The van der Waals surface area contributed by atoms with Gasteiger partial charge in [0, 0.05) is 38.4 Å². The standard InChI is InChI=1S/C23H28N4O2/c1-2-25-20-9-5-6-10-21(20)27(23(25)29)17-13-22(28)26-16-7-3-4-8-19(26)18-11-14-24-15-12-18/h5-6,9-12,14-15,19H,2-4,7-8,13,16-17H2,1H3. The highest BCUT2D eigenvalue weighted by Crippen LogP contribution is 2.30. The summed E-state index contributed by atoms with van der Waals surface area (Å²) in [4.78, 5) is 32.2. The molecule has 1 unspecified atom stereocenters. The van der Waals surface area contributed by atoms with Gasteiger partial charge in [-0.15, -0.1) is 0 Å². The fourth-order valence-corrected chi connectivity index (χ4v) is 4.48. The van der Waals surface area contributed by atoms with Gasteiger partial charge in [-0.1, -0.05) is 25.0 Å². The minimum Gasteiger partial charge on any atom is -0.336 e. The zero-order chi connectivity index (χ0) is 20.2. The molecule has 2 aromatic heterocycles. The summed E-state index contributed by atoms with van der Waals surface area (Å²) in [5.41, 5.74) is 2.93. The van der Waals surface area contributed by atoms with E-state index in [1.807, 2.05) is 48.2 Å². The maximum Gasteiger partial charge on any atom is 0.329 e. The zero-order valence-electron chi connectivity index (χ0n) is 17.0. The van der Waals surface area contributed by atoms with Gasteiger partial charge < -0.3 is 4.90 Å². The molecule has 3 heterocycles. The Bertz CT molecular complexity index is 1040. The average Bonchev–Trinajstić information content (AvgIpc) is 2.89. The van der Waals surface area contributed by atoms with E-state index in [4.69, 9.17) is 0 Å². The van der Waals surface area contributed by atoms with Crippen molar-refractivity contribution in [2.45, 2.75) is 58.2 Å². The van der Waals surface area contributed by atoms with Crippen LogP contribution in [0.4, 0.5) is 0 Å². The Morgan fingerprint density at radius 3 is 2.48 bits per heavy atom. The second-order valence-electron chi connectivity index (χ2n) is 7.65. The number of rotatable bonds is 5. The molecular formula is C23H28N4O2. The van der Waals surface area contributed by atoms with E-state index in [-0.39, 0.29) is 17.6 Å². The molecule has 29 heavy (non-hydrogen) atoms. The number of amides is 1. The number of imidazole rings is 1. The van der Waals surface area contributed by atoms with Crippen molar-refractivity contribution in [2.75, 3.05) is 6.54 Å². The highest BCUT2D eigenvalue weighted by atomic mass is 16.2. The molecule has 1 aliphatic rings. The smallest absolute Gasteiger partial charge is 0.329 e. The zero-order valence-corrected chi connectivity index (χ0v) is 17.0. The van der Waals surface area contributed by atoms with Crippen molar-refractivity contribution >= 4 is 16.9 Å². The second kappa shape index (κ2) is 8.64. The summed E-state index contributed by atoms with van der Waals surface area (Å²) in [5.74, 6) is 0.119. The molecule has 1 amide bonds. The Kier molecular flexibility index (Phi) is 5.79. The van der Waals surface area contributed by atoms with Gasteiger partial charge in [0.25, 0.3) is 0 Å². The average molecular weight is 393 g/mol. The van der Waals surface area contributed by atoms with Crippen LogP contribution in [0.15, 0.2) is 53.6 Å². The van der Waals surface area contributed by atoms with Crippen LogP contribution < -0.4 is 5.69 Å². The lowest BCUT2D eigenvalue weighted by molar-refractivity contribution is -0.133. The van der Waals surface area contributed by atoms with Crippen LogP contribution in [0.25, 0.3) is 11.0 Å². The summed E-state index contributed by atoms with van der Waals surface area (Å²) in [7, 11) is 0. The highest BCUT2D eigenvalue weighted by Gasteiger charge is 2.26. The quantitative estimate of drug-likeness (QED) is 0.664. The normalized spacial score (nSPS) is 17.4. The van der Waals surface area contributed by atoms with Crippen molar-refractivity contribution in [1.29, 1.82) is 0 Å². The van der Waals surface area contributed by atoms with Crippen molar-refractivity contribution in [3.8, 4) is 0 Å². The van der Waals surface area contributed by atoms with E-state index in [9.17, 15) is 9.59 Å². The maximum atomic E-state index is 13.2. The van der Waals surface area contributed by atoms with Crippen LogP contribution in [0.5, 0.6) is 0 Å². The molecule has 0 spiro atoms. The number of hydrogen-bond acceptors (Lipinski definition) is 3. The van der Waals surface area contributed by atoms with Crippen LogP contribution in [0.1, 0.15) is 50.6 Å². The number of aryl methyl sites for hydroxylation is 2. The van der Waals surface area contributed by atoms with Gasteiger partial charge in [-0.05, 0) is 49.6 Å². The van der Waals surface area contributed by atoms with Crippen LogP contribution >= 0.6 is 0 Å². The number of hydrogen-bond donors (Lipinski definition) is 0. The molecule has 0 saturated carbocycles. The van der Waals surface area contributed by atoms with E-state index in [0.29, 0.717) is 19.5 Å². The summed E-state index contributed by atoms with van der Waals surface area (Å²) in [6.45, 7) is 3.78. The lowest BCUT2D eigenvalue weighted by Gasteiger charge is -2.30. The van der Waals surface area contributed by atoms with Gasteiger partial charge in [-0.2, -0.15) is 0 Å². The van der Waals surface area contributed by atoms with Crippen LogP contribution in [0.3, 0.4) is 0 Å². The molecule has 6 nitrogen and oxygen atoms in total. The Morgan fingerprint density at radius 1 is 1.03 bits per heavy atom. The lowest BCUT2D eigenvalue weighted by Crippen LogP contribution is -2.36. The molecule has 0 bridgehead atoms. The Labute approximate surface area is 170 Å². The molecule has 0 radical (unpaired) electrons. The number of pyridine rings is 1. The van der Waals surface area contributed by atoms with Gasteiger partial charge in [0.15, 0.2) is 0 Å². The number of para-hydroxylation sites is 2. The van der Waals surface area contributed by atoms with E-state index >= 15 is 0 Å². The first-order valence-corrected chi connectivity index (χ1v) is 10.6. The van der Waals surface area contributed by atoms with Gasteiger partial charge in [0.05, 0.1) is 17.1 Å². The predicted octanol–water partition coefficient (Wildman–Crippen LogP) is 3.75. The van der Waals surface area contributed by atoms with Crippen molar-refractivity contribution in [1.82, 2.24) is 19.0 Å². The maximum absolute atomic E-state index is 13.2. The topological polar surface area (TPSA) is 60.1 Å². The van der Waals surface area contributed by atoms with Gasteiger partial charge in [0.1, 0.15) is 0 Å². The van der Waals surface area contributed by atoms with Crippen molar-refractivity contribution in [3.05, 3.63) is 64.8 Å².